The van der Waals surface area contributed by atoms with E-state index in [4.69, 9.17) is 11.6 Å². The van der Waals surface area contributed by atoms with Gasteiger partial charge in [0.2, 0.25) is 0 Å². The molecule has 0 unspecified atom stereocenters. The van der Waals surface area contributed by atoms with Gasteiger partial charge in [0.05, 0.1) is 5.52 Å². The summed E-state index contributed by atoms with van der Waals surface area (Å²) in [5, 5.41) is 0.989. The molecule has 0 fully saturated rings. The van der Waals surface area contributed by atoms with Gasteiger partial charge in [0.25, 0.3) is 0 Å². The van der Waals surface area contributed by atoms with E-state index in [1.165, 1.54) is 12.1 Å². The zero-order chi connectivity index (χ0) is 13.4. The number of halogens is 2. The Bertz CT molecular complexity index is 771. The normalized spacial score (nSPS) is 10.9. The van der Waals surface area contributed by atoms with Crippen LogP contribution in [0.2, 0.25) is 5.15 Å². The van der Waals surface area contributed by atoms with Gasteiger partial charge in [-0.1, -0.05) is 35.9 Å². The van der Waals surface area contributed by atoms with Crippen molar-refractivity contribution in [1.82, 2.24) is 9.97 Å². The molecular formula is C15H10ClFN2. The summed E-state index contributed by atoms with van der Waals surface area (Å²) in [5.74, 6) is 0.180. The largest absolute Gasteiger partial charge is 0.228 e. The number of aromatic nitrogens is 2. The highest BCUT2D eigenvalue weighted by molar-refractivity contribution is 6.34. The predicted molar refractivity (Wildman–Crippen MR) is 74.7 cm³/mol. The lowest BCUT2D eigenvalue weighted by atomic mass is 10.1. The standard InChI is InChI=1S/C15H10ClFN2/c1-9-4-2-3-5-11(9)15-18-13-8-10(17)6-7-12(13)14(16)19-15/h2-8H,1H3. The van der Waals surface area contributed by atoms with Crippen LogP contribution in [0, 0.1) is 12.7 Å². The fraction of sp³-hybridized carbons (Fsp3) is 0.0667. The zero-order valence-electron chi connectivity index (χ0n) is 10.2. The minimum absolute atomic E-state index is 0.335. The summed E-state index contributed by atoms with van der Waals surface area (Å²) in [6.45, 7) is 1.97. The maximum Gasteiger partial charge on any atom is 0.161 e. The summed E-state index contributed by atoms with van der Waals surface area (Å²) in [4.78, 5) is 8.69. The molecule has 4 heteroatoms. The van der Waals surface area contributed by atoms with E-state index in [0.717, 1.165) is 11.1 Å². The predicted octanol–water partition coefficient (Wildman–Crippen LogP) is 4.40. The van der Waals surface area contributed by atoms with Crippen LogP contribution in [-0.2, 0) is 0 Å². The van der Waals surface area contributed by atoms with Crippen LogP contribution in [0.3, 0.4) is 0 Å². The van der Waals surface area contributed by atoms with Crippen LogP contribution in [0.1, 0.15) is 5.56 Å². The van der Waals surface area contributed by atoms with Crippen molar-refractivity contribution in [3.8, 4) is 11.4 Å². The van der Waals surface area contributed by atoms with Crippen molar-refractivity contribution in [3.63, 3.8) is 0 Å². The first-order chi connectivity index (χ1) is 9.15. The van der Waals surface area contributed by atoms with Gasteiger partial charge in [0.15, 0.2) is 5.82 Å². The minimum atomic E-state index is -0.335. The molecule has 0 radical (unpaired) electrons. The fourth-order valence-corrected chi connectivity index (χ4v) is 2.25. The van der Waals surface area contributed by atoms with E-state index in [2.05, 4.69) is 9.97 Å². The molecule has 0 saturated heterocycles. The van der Waals surface area contributed by atoms with Crippen molar-refractivity contribution < 1.29 is 4.39 Å². The number of hydrogen-bond donors (Lipinski definition) is 0. The maximum absolute atomic E-state index is 13.3. The van der Waals surface area contributed by atoms with Crippen molar-refractivity contribution in [1.29, 1.82) is 0 Å². The van der Waals surface area contributed by atoms with Crippen LogP contribution >= 0.6 is 11.6 Å². The number of rotatable bonds is 1. The summed E-state index contributed by atoms with van der Waals surface area (Å²) in [6.07, 6.45) is 0. The third-order valence-electron chi connectivity index (χ3n) is 3.00. The van der Waals surface area contributed by atoms with Crippen molar-refractivity contribution >= 4 is 22.5 Å². The maximum atomic E-state index is 13.3. The summed E-state index contributed by atoms with van der Waals surface area (Å²) in [6, 6.07) is 12.1. The minimum Gasteiger partial charge on any atom is -0.228 e. The number of aryl methyl sites for hydroxylation is 1. The average Bonchev–Trinajstić information content (AvgIpc) is 2.38. The van der Waals surface area contributed by atoms with E-state index in [1.807, 2.05) is 31.2 Å². The Labute approximate surface area is 114 Å². The lowest BCUT2D eigenvalue weighted by molar-refractivity contribution is 0.629. The first-order valence-corrected chi connectivity index (χ1v) is 6.22. The van der Waals surface area contributed by atoms with E-state index in [1.54, 1.807) is 6.07 Å². The highest BCUT2D eigenvalue weighted by Crippen LogP contribution is 2.26. The molecule has 19 heavy (non-hydrogen) atoms. The number of benzene rings is 2. The second-order valence-corrected chi connectivity index (χ2v) is 4.67. The molecule has 0 N–H and O–H groups in total. The van der Waals surface area contributed by atoms with Crippen molar-refractivity contribution in [2.45, 2.75) is 6.92 Å². The van der Waals surface area contributed by atoms with E-state index in [-0.39, 0.29) is 5.82 Å². The smallest absolute Gasteiger partial charge is 0.161 e. The Kier molecular flexibility index (Phi) is 2.91. The highest BCUT2D eigenvalue weighted by Gasteiger charge is 2.10. The molecule has 2 nitrogen and oxygen atoms in total. The van der Waals surface area contributed by atoms with Gasteiger partial charge in [-0.2, -0.15) is 0 Å². The quantitative estimate of drug-likeness (QED) is 0.614. The molecule has 0 saturated carbocycles. The van der Waals surface area contributed by atoms with E-state index in [9.17, 15) is 4.39 Å². The van der Waals surface area contributed by atoms with Gasteiger partial charge in [0.1, 0.15) is 11.0 Å². The van der Waals surface area contributed by atoms with Gasteiger partial charge < -0.3 is 0 Å². The Morgan fingerprint density at radius 1 is 1.05 bits per heavy atom. The van der Waals surface area contributed by atoms with E-state index < -0.39 is 0 Å². The third-order valence-corrected chi connectivity index (χ3v) is 3.29. The van der Waals surface area contributed by atoms with E-state index in [0.29, 0.717) is 21.9 Å². The molecule has 0 spiro atoms. The van der Waals surface area contributed by atoms with Gasteiger partial charge in [0, 0.05) is 17.0 Å². The number of nitrogens with zero attached hydrogens (tertiary/aromatic N) is 2. The molecule has 94 valence electrons. The van der Waals surface area contributed by atoms with Crippen LogP contribution < -0.4 is 0 Å². The van der Waals surface area contributed by atoms with Crippen LogP contribution in [0.4, 0.5) is 4.39 Å². The first-order valence-electron chi connectivity index (χ1n) is 5.84. The topological polar surface area (TPSA) is 25.8 Å². The van der Waals surface area contributed by atoms with Gasteiger partial charge in [-0.15, -0.1) is 0 Å². The Morgan fingerprint density at radius 3 is 2.63 bits per heavy atom. The average molecular weight is 273 g/mol. The van der Waals surface area contributed by atoms with Crippen LogP contribution in [0.25, 0.3) is 22.3 Å². The number of fused-ring (bicyclic) bond motifs is 1. The molecule has 0 aliphatic carbocycles. The Balaban J connectivity index is 2.29. The van der Waals surface area contributed by atoms with E-state index >= 15 is 0 Å². The molecular weight excluding hydrogens is 263 g/mol. The SMILES string of the molecule is Cc1ccccc1-c1nc(Cl)c2ccc(F)cc2n1. The molecule has 0 bridgehead atoms. The van der Waals surface area contributed by atoms with Crippen LogP contribution in [0.5, 0.6) is 0 Å². The van der Waals surface area contributed by atoms with Gasteiger partial charge in [-0.25, -0.2) is 14.4 Å². The molecule has 0 aliphatic heterocycles. The molecule has 3 rings (SSSR count). The van der Waals surface area contributed by atoms with Crippen LogP contribution in [0.15, 0.2) is 42.5 Å². The third kappa shape index (κ3) is 2.17. The molecule has 0 atom stereocenters. The van der Waals surface area contributed by atoms with Gasteiger partial charge >= 0.3 is 0 Å². The zero-order valence-corrected chi connectivity index (χ0v) is 10.9. The van der Waals surface area contributed by atoms with Crippen molar-refractivity contribution in [2.75, 3.05) is 0 Å². The fourth-order valence-electron chi connectivity index (χ4n) is 2.01. The Morgan fingerprint density at radius 2 is 1.84 bits per heavy atom. The number of hydrogen-bond acceptors (Lipinski definition) is 2. The molecule has 2 aromatic carbocycles. The summed E-state index contributed by atoms with van der Waals surface area (Å²) < 4.78 is 13.3. The monoisotopic (exact) mass is 272 g/mol. The molecule has 0 amide bonds. The second kappa shape index (κ2) is 4.59. The molecule has 3 aromatic rings. The first kappa shape index (κ1) is 12.1. The molecule has 1 heterocycles. The second-order valence-electron chi connectivity index (χ2n) is 4.31. The van der Waals surface area contributed by atoms with Crippen molar-refractivity contribution in [2.24, 2.45) is 0 Å². The Hall–Kier alpha value is -2.00. The summed E-state index contributed by atoms with van der Waals surface area (Å²) >= 11 is 6.14. The lowest BCUT2D eigenvalue weighted by Crippen LogP contribution is -1.94. The van der Waals surface area contributed by atoms with Crippen LogP contribution in [-0.4, -0.2) is 9.97 Å². The summed E-state index contributed by atoms with van der Waals surface area (Å²) in [5.41, 5.74) is 2.46. The summed E-state index contributed by atoms with van der Waals surface area (Å²) in [7, 11) is 0. The van der Waals surface area contributed by atoms with Crippen molar-refractivity contribution in [3.05, 3.63) is 59.0 Å². The molecule has 0 aliphatic rings. The lowest BCUT2D eigenvalue weighted by Gasteiger charge is -2.07. The van der Waals surface area contributed by atoms with Gasteiger partial charge in [-0.3, -0.25) is 0 Å². The van der Waals surface area contributed by atoms with Gasteiger partial charge in [-0.05, 0) is 24.6 Å². The molecule has 1 aromatic heterocycles. The highest BCUT2D eigenvalue weighted by atomic mass is 35.5.